The lowest BCUT2D eigenvalue weighted by atomic mass is 9.85. The van der Waals surface area contributed by atoms with E-state index >= 15 is 0 Å². The molecule has 3 aliphatic heterocycles. The standard InChI is InChI=1S/C23H32F6N4O3/c1-21(2,3)17-8-15(33(30-17)14-4-6-36-7-5-14)11-31-9-13-10-32(20(34)35)18(16(13)12-31)19(22(24,25)26)23(27,28)29/h8,13-14,16,18-19H,4-7,9-12H2,1-3H3,(H,34,35). The van der Waals surface area contributed by atoms with Crippen molar-refractivity contribution >= 4 is 6.09 Å². The number of carbonyl (C=O) groups is 1. The van der Waals surface area contributed by atoms with E-state index in [0.717, 1.165) is 24.2 Å². The number of fused-ring (bicyclic) bond motifs is 1. The lowest BCUT2D eigenvalue weighted by molar-refractivity contribution is -0.298. The fourth-order valence-corrected chi connectivity index (χ4v) is 5.90. The largest absolute Gasteiger partial charge is 0.465 e. The normalized spacial score (nSPS) is 26.7. The predicted octanol–water partition coefficient (Wildman–Crippen LogP) is 4.68. The highest BCUT2D eigenvalue weighted by Gasteiger charge is 2.67. The van der Waals surface area contributed by atoms with Crippen LogP contribution < -0.4 is 0 Å². The zero-order valence-electron chi connectivity index (χ0n) is 20.4. The maximum Gasteiger partial charge on any atom is 0.407 e. The molecule has 7 nitrogen and oxygen atoms in total. The Labute approximate surface area is 205 Å². The van der Waals surface area contributed by atoms with E-state index in [1.54, 1.807) is 0 Å². The van der Waals surface area contributed by atoms with Gasteiger partial charge < -0.3 is 14.7 Å². The van der Waals surface area contributed by atoms with E-state index in [1.165, 1.54) is 0 Å². The molecule has 3 fully saturated rings. The fraction of sp³-hybridized carbons (Fsp3) is 0.826. The van der Waals surface area contributed by atoms with Crippen molar-refractivity contribution in [2.24, 2.45) is 17.8 Å². The van der Waals surface area contributed by atoms with Crippen LogP contribution in [0.1, 0.15) is 51.0 Å². The Bertz CT molecular complexity index is 937. The summed E-state index contributed by atoms with van der Waals surface area (Å²) in [6.07, 6.45) is -11.5. The number of hydrogen-bond acceptors (Lipinski definition) is 4. The number of ether oxygens (including phenoxy) is 1. The van der Waals surface area contributed by atoms with Crippen molar-refractivity contribution < 1.29 is 41.0 Å². The number of nitrogens with zero attached hydrogens (tertiary/aromatic N) is 4. The zero-order valence-corrected chi connectivity index (χ0v) is 20.4. The van der Waals surface area contributed by atoms with Crippen LogP contribution in [0.3, 0.4) is 0 Å². The molecule has 1 N–H and O–H groups in total. The fourth-order valence-electron chi connectivity index (χ4n) is 5.90. The van der Waals surface area contributed by atoms with Crippen LogP contribution >= 0.6 is 0 Å². The summed E-state index contributed by atoms with van der Waals surface area (Å²) < 4.78 is 89.0. The van der Waals surface area contributed by atoms with E-state index < -0.39 is 42.2 Å². The number of halogens is 6. The Balaban J connectivity index is 1.60. The third-order valence-electron chi connectivity index (χ3n) is 7.59. The first-order chi connectivity index (χ1) is 16.6. The second kappa shape index (κ2) is 9.38. The van der Waals surface area contributed by atoms with Crippen molar-refractivity contribution in [3.63, 3.8) is 0 Å². The molecule has 0 bridgehead atoms. The topological polar surface area (TPSA) is 70.8 Å². The van der Waals surface area contributed by atoms with Crippen LogP contribution in [0.15, 0.2) is 6.07 Å². The summed E-state index contributed by atoms with van der Waals surface area (Å²) in [5, 5.41) is 14.2. The summed E-state index contributed by atoms with van der Waals surface area (Å²) in [4.78, 5) is 13.8. The monoisotopic (exact) mass is 526 g/mol. The summed E-state index contributed by atoms with van der Waals surface area (Å²) in [6, 6.07) is -0.149. The molecule has 0 radical (unpaired) electrons. The lowest BCUT2D eigenvalue weighted by Gasteiger charge is -2.36. The predicted molar refractivity (Wildman–Crippen MR) is 116 cm³/mol. The first kappa shape index (κ1) is 27.0. The van der Waals surface area contributed by atoms with Gasteiger partial charge in [0.1, 0.15) is 0 Å². The third-order valence-corrected chi connectivity index (χ3v) is 7.59. The van der Waals surface area contributed by atoms with Crippen LogP contribution in [0.2, 0.25) is 0 Å². The van der Waals surface area contributed by atoms with Gasteiger partial charge in [-0.25, -0.2) is 4.79 Å². The van der Waals surface area contributed by atoms with E-state index in [2.05, 4.69) is 0 Å². The number of likely N-dealkylation sites (tertiary alicyclic amines) is 2. The molecule has 1 aromatic rings. The van der Waals surface area contributed by atoms with Gasteiger partial charge in [-0.1, -0.05) is 20.8 Å². The van der Waals surface area contributed by atoms with Gasteiger partial charge in [0.25, 0.3) is 0 Å². The summed E-state index contributed by atoms with van der Waals surface area (Å²) in [7, 11) is 0. The van der Waals surface area contributed by atoms with Gasteiger partial charge in [-0.15, -0.1) is 0 Å². The van der Waals surface area contributed by atoms with E-state index in [9.17, 15) is 36.2 Å². The van der Waals surface area contributed by atoms with E-state index in [4.69, 9.17) is 9.84 Å². The van der Waals surface area contributed by atoms with Crippen LogP contribution in [0, 0.1) is 17.8 Å². The minimum absolute atomic E-state index is 0.0500. The van der Waals surface area contributed by atoms with Crippen molar-refractivity contribution in [1.82, 2.24) is 19.6 Å². The van der Waals surface area contributed by atoms with Gasteiger partial charge >= 0.3 is 18.4 Å². The Hall–Kier alpha value is -2.02. The summed E-state index contributed by atoms with van der Waals surface area (Å²) in [6.45, 7) is 7.37. The van der Waals surface area contributed by atoms with Crippen molar-refractivity contribution in [2.45, 2.75) is 70.0 Å². The van der Waals surface area contributed by atoms with Crippen molar-refractivity contribution in [3.8, 4) is 0 Å². The maximum atomic E-state index is 13.6. The molecule has 204 valence electrons. The Morgan fingerprint density at radius 3 is 2.22 bits per heavy atom. The second-order valence-corrected chi connectivity index (χ2v) is 11.2. The molecule has 4 rings (SSSR count). The number of rotatable bonds is 4. The molecular formula is C23H32F6N4O3. The van der Waals surface area contributed by atoms with Gasteiger partial charge in [0.2, 0.25) is 0 Å². The molecule has 3 unspecified atom stereocenters. The smallest absolute Gasteiger partial charge is 0.407 e. The maximum absolute atomic E-state index is 13.6. The van der Waals surface area contributed by atoms with Crippen LogP contribution in [-0.2, 0) is 16.7 Å². The molecule has 1 amide bonds. The zero-order chi connectivity index (χ0) is 26.6. The Morgan fingerprint density at radius 2 is 1.69 bits per heavy atom. The highest BCUT2D eigenvalue weighted by molar-refractivity contribution is 5.66. The van der Waals surface area contributed by atoms with Gasteiger partial charge in [0.05, 0.1) is 23.5 Å². The van der Waals surface area contributed by atoms with Gasteiger partial charge in [0.15, 0.2) is 5.92 Å². The number of amides is 1. The van der Waals surface area contributed by atoms with E-state index in [1.807, 2.05) is 36.4 Å². The van der Waals surface area contributed by atoms with E-state index in [-0.39, 0.29) is 31.1 Å². The summed E-state index contributed by atoms with van der Waals surface area (Å²) >= 11 is 0. The second-order valence-electron chi connectivity index (χ2n) is 11.2. The molecule has 1 aromatic heterocycles. The van der Waals surface area contributed by atoms with Crippen LogP contribution in [0.5, 0.6) is 0 Å². The molecular weight excluding hydrogens is 494 g/mol. The molecule has 3 aliphatic rings. The van der Waals surface area contributed by atoms with Gasteiger partial charge in [-0.05, 0) is 30.7 Å². The van der Waals surface area contributed by atoms with Crippen molar-refractivity contribution in [2.75, 3.05) is 32.8 Å². The molecule has 13 heteroatoms. The molecule has 3 atom stereocenters. The summed E-state index contributed by atoms with van der Waals surface area (Å²) in [5.74, 6) is -5.41. The first-order valence-electron chi connectivity index (χ1n) is 12.1. The van der Waals surface area contributed by atoms with Gasteiger partial charge in [-0.2, -0.15) is 31.4 Å². The van der Waals surface area contributed by atoms with E-state index in [0.29, 0.717) is 24.7 Å². The van der Waals surface area contributed by atoms with Crippen molar-refractivity contribution in [3.05, 3.63) is 17.5 Å². The molecule has 0 aromatic carbocycles. The average molecular weight is 527 g/mol. The number of aromatic nitrogens is 2. The Morgan fingerprint density at radius 1 is 1.08 bits per heavy atom. The average Bonchev–Trinajstić information content (AvgIpc) is 3.41. The Kier molecular flexibility index (Phi) is 7.04. The van der Waals surface area contributed by atoms with Crippen LogP contribution in [0.25, 0.3) is 0 Å². The molecule has 0 saturated carbocycles. The van der Waals surface area contributed by atoms with Gasteiger partial charge in [-0.3, -0.25) is 9.58 Å². The number of alkyl halides is 6. The molecule has 3 saturated heterocycles. The SMILES string of the molecule is CC(C)(C)c1cc(CN2CC3CN(C(=O)O)C(C(C(F)(F)F)C(F)(F)F)C3C2)n(C2CCOCC2)n1. The molecule has 0 aliphatic carbocycles. The lowest BCUT2D eigenvalue weighted by Crippen LogP contribution is -2.54. The number of hydrogen-bond donors (Lipinski definition) is 1. The van der Waals surface area contributed by atoms with Crippen LogP contribution in [-0.4, -0.2) is 82.0 Å². The molecule has 36 heavy (non-hydrogen) atoms. The van der Waals surface area contributed by atoms with Gasteiger partial charge in [0, 0.05) is 44.8 Å². The number of carboxylic acid groups (broad SMARTS) is 1. The molecule has 4 heterocycles. The molecule has 0 spiro atoms. The highest BCUT2D eigenvalue weighted by atomic mass is 19.4. The quantitative estimate of drug-likeness (QED) is 0.577. The first-order valence-corrected chi connectivity index (χ1v) is 12.1. The highest BCUT2D eigenvalue weighted by Crippen LogP contribution is 2.50. The minimum atomic E-state index is -5.61. The third kappa shape index (κ3) is 5.32. The van der Waals surface area contributed by atoms with Crippen molar-refractivity contribution in [1.29, 1.82) is 0 Å². The minimum Gasteiger partial charge on any atom is -0.465 e. The van der Waals surface area contributed by atoms with Crippen LogP contribution in [0.4, 0.5) is 31.1 Å². The summed E-state index contributed by atoms with van der Waals surface area (Å²) in [5.41, 5.74) is 1.46.